The molecular formula is C13H15Cl. The van der Waals surface area contributed by atoms with Gasteiger partial charge < -0.3 is 0 Å². The first-order chi connectivity index (χ1) is 6.59. The summed E-state index contributed by atoms with van der Waals surface area (Å²) >= 11 is 5.80. The van der Waals surface area contributed by atoms with Crippen molar-refractivity contribution in [2.24, 2.45) is 0 Å². The Balaban J connectivity index is 2.61. The fourth-order valence-electron chi connectivity index (χ4n) is 1.19. The topological polar surface area (TPSA) is 0 Å². The Bertz CT molecular complexity index is 333. The first kappa shape index (κ1) is 11.1. The quantitative estimate of drug-likeness (QED) is 0.626. The molecule has 1 aromatic rings. The second-order valence-electron chi connectivity index (χ2n) is 3.57. The van der Waals surface area contributed by atoms with E-state index < -0.39 is 0 Å². The van der Waals surface area contributed by atoms with Gasteiger partial charge in [0.05, 0.1) is 0 Å². The summed E-state index contributed by atoms with van der Waals surface area (Å²) in [5.41, 5.74) is 3.50. The van der Waals surface area contributed by atoms with E-state index in [1.54, 1.807) is 0 Å². The van der Waals surface area contributed by atoms with Crippen LogP contribution in [0.15, 0.2) is 43.0 Å². The molecule has 0 fully saturated rings. The van der Waals surface area contributed by atoms with Gasteiger partial charge in [0.2, 0.25) is 0 Å². The van der Waals surface area contributed by atoms with Gasteiger partial charge in [-0.15, -0.1) is 6.58 Å². The number of hydrogen-bond acceptors (Lipinski definition) is 0. The number of halogens is 1. The molecule has 14 heavy (non-hydrogen) atoms. The average Bonchev–Trinajstić information content (AvgIpc) is 2.15. The molecule has 0 heterocycles. The molecule has 0 spiro atoms. The van der Waals surface area contributed by atoms with Gasteiger partial charge in [-0.05, 0) is 43.0 Å². The highest BCUT2D eigenvalue weighted by molar-refractivity contribution is 6.30. The monoisotopic (exact) mass is 206 g/mol. The number of benzene rings is 1. The second-order valence-corrected chi connectivity index (χ2v) is 4.00. The SMILES string of the molecule is C=C(C)CCC(=C)c1ccc(Cl)cc1. The van der Waals surface area contributed by atoms with Crippen LogP contribution in [-0.2, 0) is 0 Å². The van der Waals surface area contributed by atoms with E-state index in [0.717, 1.165) is 29.0 Å². The molecule has 0 aliphatic heterocycles. The number of hydrogen-bond donors (Lipinski definition) is 0. The van der Waals surface area contributed by atoms with Gasteiger partial charge in [0.15, 0.2) is 0 Å². The zero-order valence-electron chi connectivity index (χ0n) is 8.52. The van der Waals surface area contributed by atoms with Crippen LogP contribution < -0.4 is 0 Å². The van der Waals surface area contributed by atoms with E-state index in [9.17, 15) is 0 Å². The second kappa shape index (κ2) is 5.02. The zero-order chi connectivity index (χ0) is 10.6. The lowest BCUT2D eigenvalue weighted by Crippen LogP contribution is -1.83. The van der Waals surface area contributed by atoms with E-state index >= 15 is 0 Å². The molecule has 0 amide bonds. The predicted molar refractivity (Wildman–Crippen MR) is 64.5 cm³/mol. The molecule has 0 aliphatic carbocycles. The summed E-state index contributed by atoms with van der Waals surface area (Å²) in [6.07, 6.45) is 1.97. The normalized spacial score (nSPS) is 9.86. The van der Waals surface area contributed by atoms with Gasteiger partial charge in [0.1, 0.15) is 0 Å². The Morgan fingerprint density at radius 1 is 1.14 bits per heavy atom. The van der Waals surface area contributed by atoms with Crippen LogP contribution in [0.3, 0.4) is 0 Å². The van der Waals surface area contributed by atoms with E-state index in [1.165, 1.54) is 5.57 Å². The van der Waals surface area contributed by atoms with E-state index in [-0.39, 0.29) is 0 Å². The van der Waals surface area contributed by atoms with Crippen molar-refractivity contribution in [1.82, 2.24) is 0 Å². The molecule has 1 heteroatoms. The van der Waals surface area contributed by atoms with Crippen molar-refractivity contribution >= 4 is 17.2 Å². The van der Waals surface area contributed by atoms with E-state index in [4.69, 9.17) is 11.6 Å². The van der Waals surface area contributed by atoms with Gasteiger partial charge in [-0.1, -0.05) is 35.9 Å². The van der Waals surface area contributed by atoms with Crippen LogP contribution in [-0.4, -0.2) is 0 Å². The van der Waals surface area contributed by atoms with Crippen LogP contribution in [0.4, 0.5) is 0 Å². The largest absolute Gasteiger partial charge is 0.100 e. The van der Waals surface area contributed by atoms with Crippen LogP contribution in [0.2, 0.25) is 5.02 Å². The molecule has 0 radical (unpaired) electrons. The summed E-state index contributed by atoms with van der Waals surface area (Å²) in [5.74, 6) is 0. The number of rotatable bonds is 4. The van der Waals surface area contributed by atoms with Crippen molar-refractivity contribution in [3.8, 4) is 0 Å². The zero-order valence-corrected chi connectivity index (χ0v) is 9.27. The van der Waals surface area contributed by atoms with Gasteiger partial charge in [-0.3, -0.25) is 0 Å². The molecule has 0 bridgehead atoms. The maximum atomic E-state index is 5.80. The lowest BCUT2D eigenvalue weighted by Gasteiger charge is -2.05. The molecule has 0 saturated heterocycles. The van der Waals surface area contributed by atoms with Crippen molar-refractivity contribution in [2.75, 3.05) is 0 Å². The molecule has 0 unspecified atom stereocenters. The van der Waals surface area contributed by atoms with Crippen molar-refractivity contribution in [1.29, 1.82) is 0 Å². The van der Waals surface area contributed by atoms with E-state index in [2.05, 4.69) is 13.2 Å². The average molecular weight is 207 g/mol. The molecule has 0 aliphatic rings. The summed E-state index contributed by atoms with van der Waals surface area (Å²) in [6.45, 7) is 9.95. The number of allylic oxidation sites excluding steroid dienone is 2. The Kier molecular flexibility index (Phi) is 3.97. The molecule has 1 rings (SSSR count). The van der Waals surface area contributed by atoms with Crippen molar-refractivity contribution in [3.05, 3.63) is 53.6 Å². The molecule has 0 aromatic heterocycles. The summed E-state index contributed by atoms with van der Waals surface area (Å²) < 4.78 is 0. The van der Waals surface area contributed by atoms with Gasteiger partial charge in [-0.25, -0.2) is 0 Å². The molecule has 0 atom stereocenters. The third-order valence-corrected chi connectivity index (χ3v) is 2.36. The Labute approximate surface area is 90.9 Å². The fraction of sp³-hybridized carbons (Fsp3) is 0.231. The van der Waals surface area contributed by atoms with Crippen LogP contribution in [0, 0.1) is 0 Å². The van der Waals surface area contributed by atoms with Gasteiger partial charge in [-0.2, -0.15) is 0 Å². The lowest BCUT2D eigenvalue weighted by molar-refractivity contribution is 1.000. The van der Waals surface area contributed by atoms with Crippen LogP contribution in [0.25, 0.3) is 5.57 Å². The van der Waals surface area contributed by atoms with Crippen LogP contribution >= 0.6 is 11.6 Å². The lowest BCUT2D eigenvalue weighted by atomic mass is 10.0. The molecule has 0 saturated carbocycles. The molecule has 0 N–H and O–H groups in total. The smallest absolute Gasteiger partial charge is 0.0406 e. The maximum Gasteiger partial charge on any atom is 0.0406 e. The molecule has 0 nitrogen and oxygen atoms in total. The Morgan fingerprint density at radius 3 is 2.21 bits per heavy atom. The van der Waals surface area contributed by atoms with E-state index in [0.29, 0.717) is 0 Å². The first-order valence-electron chi connectivity index (χ1n) is 4.67. The highest BCUT2D eigenvalue weighted by Crippen LogP contribution is 2.21. The molecular weight excluding hydrogens is 192 g/mol. The summed E-state index contributed by atoms with van der Waals surface area (Å²) in [7, 11) is 0. The third kappa shape index (κ3) is 3.39. The summed E-state index contributed by atoms with van der Waals surface area (Å²) in [6, 6.07) is 7.79. The van der Waals surface area contributed by atoms with Crippen LogP contribution in [0.5, 0.6) is 0 Å². The Hall–Kier alpha value is -1.01. The summed E-state index contributed by atoms with van der Waals surface area (Å²) in [4.78, 5) is 0. The Morgan fingerprint density at radius 2 is 1.71 bits per heavy atom. The summed E-state index contributed by atoms with van der Waals surface area (Å²) in [5, 5.41) is 0.765. The highest BCUT2D eigenvalue weighted by Gasteiger charge is 1.98. The van der Waals surface area contributed by atoms with Gasteiger partial charge >= 0.3 is 0 Å². The van der Waals surface area contributed by atoms with E-state index in [1.807, 2.05) is 31.2 Å². The van der Waals surface area contributed by atoms with Crippen molar-refractivity contribution < 1.29 is 0 Å². The van der Waals surface area contributed by atoms with Gasteiger partial charge in [0, 0.05) is 5.02 Å². The molecule has 74 valence electrons. The minimum Gasteiger partial charge on any atom is -0.100 e. The van der Waals surface area contributed by atoms with Crippen molar-refractivity contribution in [2.45, 2.75) is 19.8 Å². The van der Waals surface area contributed by atoms with Crippen LogP contribution in [0.1, 0.15) is 25.3 Å². The highest BCUT2D eigenvalue weighted by atomic mass is 35.5. The maximum absolute atomic E-state index is 5.80. The first-order valence-corrected chi connectivity index (χ1v) is 5.05. The van der Waals surface area contributed by atoms with Gasteiger partial charge in [0.25, 0.3) is 0 Å². The minimum atomic E-state index is 0.765. The standard InChI is InChI=1S/C13H15Cl/c1-10(2)4-5-11(3)12-6-8-13(14)9-7-12/h6-9H,1,3-5H2,2H3. The molecule has 1 aromatic carbocycles. The predicted octanol–water partition coefficient (Wildman–Crippen LogP) is 4.71. The third-order valence-electron chi connectivity index (χ3n) is 2.11. The van der Waals surface area contributed by atoms with Crippen molar-refractivity contribution in [3.63, 3.8) is 0 Å². The minimum absolute atomic E-state index is 0.765. The fourth-order valence-corrected chi connectivity index (χ4v) is 1.32.